The Morgan fingerprint density at radius 3 is 2.92 bits per heavy atom. The van der Waals surface area contributed by atoms with Crippen LogP contribution in [0.5, 0.6) is 0 Å². The van der Waals surface area contributed by atoms with Gasteiger partial charge in [-0.1, -0.05) is 11.6 Å². The van der Waals surface area contributed by atoms with E-state index in [0.717, 1.165) is 0 Å². The molecule has 0 bridgehead atoms. The third-order valence-corrected chi connectivity index (χ3v) is 2.47. The van der Waals surface area contributed by atoms with Gasteiger partial charge in [-0.05, 0) is 34.1 Å². The topological polar surface area (TPSA) is 30.2 Å². The largest absolute Gasteiger partial charge is 0.463 e. The Labute approximate surface area is 87.3 Å². The number of hydrogen-bond acceptors (Lipinski definition) is 2. The Morgan fingerprint density at radius 1 is 1.38 bits per heavy atom. The Hall–Kier alpha value is -0.800. The van der Waals surface area contributed by atoms with Gasteiger partial charge in [-0.3, -0.25) is 4.79 Å². The molecule has 1 aromatic heterocycles. The van der Waals surface area contributed by atoms with Crippen molar-refractivity contribution in [2.24, 2.45) is 0 Å². The summed E-state index contributed by atoms with van der Waals surface area (Å²) in [5.74, 6) is 0. The summed E-state index contributed by atoms with van der Waals surface area (Å²) in [6.07, 6.45) is 1.37. The molecular weight excluding hydrogens is 255 g/mol. The molecule has 0 aliphatic rings. The lowest BCUT2D eigenvalue weighted by Crippen LogP contribution is -2.00. The second kappa shape index (κ2) is 3.16. The Bertz CT molecular complexity index is 513. The summed E-state index contributed by atoms with van der Waals surface area (Å²) < 4.78 is 5.58. The molecule has 0 radical (unpaired) electrons. The summed E-state index contributed by atoms with van der Waals surface area (Å²) in [7, 11) is 0. The summed E-state index contributed by atoms with van der Waals surface area (Å²) in [6.45, 7) is 0. The highest BCUT2D eigenvalue weighted by Crippen LogP contribution is 2.18. The minimum atomic E-state index is -0.108. The Morgan fingerprint density at radius 2 is 2.15 bits per heavy atom. The molecule has 0 N–H and O–H groups in total. The van der Waals surface area contributed by atoms with Crippen LogP contribution in [0.2, 0.25) is 5.02 Å². The van der Waals surface area contributed by atoms with E-state index in [0.29, 0.717) is 20.5 Å². The van der Waals surface area contributed by atoms with Crippen molar-refractivity contribution < 1.29 is 4.42 Å². The van der Waals surface area contributed by atoms with Crippen molar-refractivity contribution in [2.75, 3.05) is 0 Å². The smallest absolute Gasteiger partial charge is 0.206 e. The highest BCUT2D eigenvalue weighted by molar-refractivity contribution is 9.10. The van der Waals surface area contributed by atoms with Crippen molar-refractivity contribution in [3.05, 3.63) is 44.2 Å². The van der Waals surface area contributed by atoms with E-state index in [1.54, 1.807) is 18.2 Å². The Balaban J connectivity index is 2.97. The van der Waals surface area contributed by atoms with Gasteiger partial charge in [0.1, 0.15) is 16.3 Å². The number of benzene rings is 1. The quantitative estimate of drug-likeness (QED) is 0.727. The van der Waals surface area contributed by atoms with E-state index in [-0.39, 0.29) is 5.43 Å². The molecule has 13 heavy (non-hydrogen) atoms. The van der Waals surface area contributed by atoms with Crippen LogP contribution in [0.15, 0.2) is 38.1 Å². The normalized spacial score (nSPS) is 10.6. The van der Waals surface area contributed by atoms with Gasteiger partial charge in [0.2, 0.25) is 5.43 Å². The summed E-state index contributed by atoms with van der Waals surface area (Å²) in [5.41, 5.74) is 0.432. The highest BCUT2D eigenvalue weighted by Gasteiger charge is 2.04. The maximum atomic E-state index is 11.5. The first-order valence-electron chi connectivity index (χ1n) is 3.55. The zero-order valence-electron chi connectivity index (χ0n) is 6.38. The van der Waals surface area contributed by atoms with Gasteiger partial charge < -0.3 is 4.42 Å². The zero-order chi connectivity index (χ0) is 9.42. The molecule has 2 rings (SSSR count). The minimum Gasteiger partial charge on any atom is -0.463 e. The number of halogens is 2. The van der Waals surface area contributed by atoms with Gasteiger partial charge in [0.25, 0.3) is 0 Å². The van der Waals surface area contributed by atoms with Crippen molar-refractivity contribution >= 4 is 38.5 Å². The van der Waals surface area contributed by atoms with Gasteiger partial charge in [-0.25, -0.2) is 0 Å². The molecule has 1 aromatic carbocycles. The monoisotopic (exact) mass is 258 g/mol. The molecule has 0 fully saturated rings. The van der Waals surface area contributed by atoms with Crippen LogP contribution in [-0.2, 0) is 0 Å². The van der Waals surface area contributed by atoms with Gasteiger partial charge >= 0.3 is 0 Å². The van der Waals surface area contributed by atoms with Crippen molar-refractivity contribution in [3.63, 3.8) is 0 Å². The van der Waals surface area contributed by atoms with E-state index in [1.165, 1.54) is 6.26 Å². The first-order chi connectivity index (χ1) is 6.18. The molecule has 0 aliphatic carbocycles. The highest BCUT2D eigenvalue weighted by atomic mass is 79.9. The van der Waals surface area contributed by atoms with Crippen LogP contribution in [0.3, 0.4) is 0 Å². The lowest BCUT2D eigenvalue weighted by Gasteiger charge is -1.96. The number of rotatable bonds is 0. The van der Waals surface area contributed by atoms with Gasteiger partial charge in [0.15, 0.2) is 0 Å². The standard InChI is InChI=1S/C9H4BrClO2/c10-7-4-13-8-2-1-5(11)3-6(8)9(7)12/h1-4H. The fourth-order valence-corrected chi connectivity index (χ4v) is 1.56. The fourth-order valence-electron chi connectivity index (χ4n) is 1.08. The van der Waals surface area contributed by atoms with Crippen molar-refractivity contribution in [2.45, 2.75) is 0 Å². The van der Waals surface area contributed by atoms with E-state index in [4.69, 9.17) is 16.0 Å². The lowest BCUT2D eigenvalue weighted by molar-refractivity contribution is 0.598. The average molecular weight is 259 g/mol. The molecule has 66 valence electrons. The molecule has 0 atom stereocenters. The summed E-state index contributed by atoms with van der Waals surface area (Å²) in [6, 6.07) is 4.94. The van der Waals surface area contributed by atoms with E-state index in [9.17, 15) is 4.79 Å². The number of fused-ring (bicyclic) bond motifs is 1. The van der Waals surface area contributed by atoms with Crippen molar-refractivity contribution in [1.82, 2.24) is 0 Å². The predicted molar refractivity (Wildman–Crippen MR) is 55.2 cm³/mol. The predicted octanol–water partition coefficient (Wildman–Crippen LogP) is 3.21. The summed E-state index contributed by atoms with van der Waals surface area (Å²) >= 11 is 8.84. The third kappa shape index (κ3) is 1.49. The SMILES string of the molecule is O=c1c(Br)coc2ccc(Cl)cc12. The van der Waals surface area contributed by atoms with Gasteiger partial charge in [-0.15, -0.1) is 0 Å². The van der Waals surface area contributed by atoms with E-state index in [2.05, 4.69) is 15.9 Å². The van der Waals surface area contributed by atoms with Gasteiger partial charge in [0, 0.05) is 5.02 Å². The lowest BCUT2D eigenvalue weighted by atomic mass is 10.2. The molecule has 0 spiro atoms. The zero-order valence-corrected chi connectivity index (χ0v) is 8.72. The summed E-state index contributed by atoms with van der Waals surface area (Å²) in [4.78, 5) is 11.5. The third-order valence-electron chi connectivity index (χ3n) is 1.69. The molecule has 0 saturated heterocycles. The minimum absolute atomic E-state index is 0.108. The van der Waals surface area contributed by atoms with Crippen LogP contribution in [0.4, 0.5) is 0 Å². The molecule has 0 saturated carbocycles. The van der Waals surface area contributed by atoms with E-state index < -0.39 is 0 Å². The van der Waals surface area contributed by atoms with Crippen molar-refractivity contribution in [3.8, 4) is 0 Å². The number of hydrogen-bond donors (Lipinski definition) is 0. The second-order valence-electron chi connectivity index (χ2n) is 2.55. The van der Waals surface area contributed by atoms with Gasteiger partial charge in [0.05, 0.1) is 5.39 Å². The van der Waals surface area contributed by atoms with E-state index >= 15 is 0 Å². The van der Waals surface area contributed by atoms with Crippen LogP contribution >= 0.6 is 27.5 Å². The molecule has 0 unspecified atom stereocenters. The molecular formula is C9H4BrClO2. The van der Waals surface area contributed by atoms with Crippen LogP contribution < -0.4 is 5.43 Å². The van der Waals surface area contributed by atoms with Crippen molar-refractivity contribution in [1.29, 1.82) is 0 Å². The fraction of sp³-hybridized carbons (Fsp3) is 0. The molecule has 4 heteroatoms. The molecule has 1 heterocycles. The van der Waals surface area contributed by atoms with Crippen LogP contribution in [0, 0.1) is 0 Å². The first-order valence-corrected chi connectivity index (χ1v) is 4.72. The molecule has 0 aliphatic heterocycles. The van der Waals surface area contributed by atoms with Crippen LogP contribution in [0.1, 0.15) is 0 Å². The van der Waals surface area contributed by atoms with Crippen LogP contribution in [-0.4, -0.2) is 0 Å². The second-order valence-corrected chi connectivity index (χ2v) is 3.84. The van der Waals surface area contributed by atoms with Crippen LogP contribution in [0.25, 0.3) is 11.0 Å². The molecule has 2 nitrogen and oxygen atoms in total. The maximum Gasteiger partial charge on any atom is 0.206 e. The molecule has 0 amide bonds. The van der Waals surface area contributed by atoms with Gasteiger partial charge in [-0.2, -0.15) is 0 Å². The first kappa shape index (κ1) is 8.78. The summed E-state index contributed by atoms with van der Waals surface area (Å²) in [5, 5.41) is 1.01. The maximum absolute atomic E-state index is 11.5. The van der Waals surface area contributed by atoms with E-state index in [1.807, 2.05) is 0 Å². The Kier molecular flexibility index (Phi) is 2.14. The average Bonchev–Trinajstić information content (AvgIpc) is 2.12. The molecule has 2 aromatic rings.